The zero-order valence-corrected chi connectivity index (χ0v) is 12.9. The van der Waals surface area contributed by atoms with E-state index in [1.807, 2.05) is 0 Å². The van der Waals surface area contributed by atoms with Crippen LogP contribution < -0.4 is 5.32 Å². The van der Waals surface area contributed by atoms with Crippen molar-refractivity contribution in [1.82, 2.24) is 10.3 Å². The molecule has 3 aromatic rings. The van der Waals surface area contributed by atoms with Crippen molar-refractivity contribution in [3.63, 3.8) is 0 Å². The lowest BCUT2D eigenvalue weighted by molar-refractivity contribution is 0.0935. The summed E-state index contributed by atoms with van der Waals surface area (Å²) in [5.41, 5.74) is 1.35. The summed E-state index contributed by atoms with van der Waals surface area (Å²) < 4.78 is 26.5. The molecule has 0 saturated heterocycles. The molecule has 1 heterocycles. The summed E-state index contributed by atoms with van der Waals surface area (Å²) in [6.45, 7) is 1.74. The lowest BCUT2D eigenvalue weighted by Gasteiger charge is -2.14. The third kappa shape index (κ3) is 3.05. The molecule has 1 unspecified atom stereocenters. The number of hydrogen-bond acceptors (Lipinski definition) is 1. The summed E-state index contributed by atoms with van der Waals surface area (Å²) in [5, 5.41) is 3.34. The molecular weight excluding hydrogens is 322 g/mol. The lowest BCUT2D eigenvalue weighted by atomic mass is 10.1. The van der Waals surface area contributed by atoms with Crippen molar-refractivity contribution in [1.29, 1.82) is 0 Å². The van der Waals surface area contributed by atoms with E-state index in [1.54, 1.807) is 19.1 Å². The van der Waals surface area contributed by atoms with Crippen molar-refractivity contribution in [2.24, 2.45) is 0 Å². The van der Waals surface area contributed by atoms with Crippen LogP contribution in [0.15, 0.2) is 42.5 Å². The van der Waals surface area contributed by atoms with Gasteiger partial charge in [0.1, 0.15) is 17.3 Å². The van der Waals surface area contributed by atoms with Crippen LogP contribution in [0.2, 0.25) is 5.02 Å². The Hall–Kier alpha value is -2.40. The highest BCUT2D eigenvalue weighted by Crippen LogP contribution is 2.28. The molecule has 3 nitrogen and oxygen atoms in total. The van der Waals surface area contributed by atoms with Crippen LogP contribution in [0, 0.1) is 11.6 Å². The molecule has 1 aromatic heterocycles. The van der Waals surface area contributed by atoms with Gasteiger partial charge >= 0.3 is 0 Å². The highest BCUT2D eigenvalue weighted by molar-refractivity contribution is 6.38. The average molecular weight is 335 g/mol. The van der Waals surface area contributed by atoms with Crippen LogP contribution in [0.5, 0.6) is 0 Å². The molecule has 1 amide bonds. The number of carbonyl (C=O) groups excluding carboxylic acids is 1. The summed E-state index contributed by atoms with van der Waals surface area (Å²) in [4.78, 5) is 15.2. The van der Waals surface area contributed by atoms with Crippen molar-refractivity contribution in [2.45, 2.75) is 13.0 Å². The Balaban J connectivity index is 1.87. The van der Waals surface area contributed by atoms with E-state index in [4.69, 9.17) is 11.6 Å². The quantitative estimate of drug-likeness (QED) is 0.723. The fraction of sp³-hybridized carbons (Fsp3) is 0.118. The normalized spacial score (nSPS) is 12.3. The van der Waals surface area contributed by atoms with Crippen LogP contribution in [0.3, 0.4) is 0 Å². The maximum atomic E-state index is 13.3. The maximum absolute atomic E-state index is 13.3. The van der Waals surface area contributed by atoms with Crippen LogP contribution in [-0.2, 0) is 0 Å². The Labute approximate surface area is 136 Å². The molecule has 3 rings (SSSR count). The Morgan fingerprint density at radius 2 is 1.91 bits per heavy atom. The summed E-state index contributed by atoms with van der Waals surface area (Å²) in [6, 6.07) is 9.64. The van der Waals surface area contributed by atoms with Crippen LogP contribution in [0.1, 0.15) is 29.0 Å². The first-order chi connectivity index (χ1) is 11.0. The second-order valence-electron chi connectivity index (χ2n) is 5.25. The first-order valence-electron chi connectivity index (χ1n) is 6.99. The minimum atomic E-state index is -0.441. The van der Waals surface area contributed by atoms with E-state index in [-0.39, 0.29) is 16.5 Å². The molecule has 0 radical (unpaired) electrons. The number of halogens is 3. The largest absolute Gasteiger partial charge is 0.349 e. The number of H-pyrrole nitrogens is 1. The summed E-state index contributed by atoms with van der Waals surface area (Å²) in [7, 11) is 0. The molecule has 23 heavy (non-hydrogen) atoms. The minimum Gasteiger partial charge on any atom is -0.349 e. The van der Waals surface area contributed by atoms with Gasteiger partial charge in [-0.1, -0.05) is 23.7 Å². The van der Waals surface area contributed by atoms with Crippen LogP contribution in [-0.4, -0.2) is 10.9 Å². The molecule has 0 bridgehead atoms. The van der Waals surface area contributed by atoms with Gasteiger partial charge in [-0.15, -0.1) is 0 Å². The van der Waals surface area contributed by atoms with Crippen LogP contribution in [0.25, 0.3) is 10.9 Å². The summed E-state index contributed by atoms with van der Waals surface area (Å²) >= 11 is 6.16. The Morgan fingerprint density at radius 1 is 1.17 bits per heavy atom. The van der Waals surface area contributed by atoms with Gasteiger partial charge in [0.05, 0.1) is 11.1 Å². The predicted octanol–water partition coefficient (Wildman–Crippen LogP) is 4.59. The topological polar surface area (TPSA) is 44.9 Å². The third-order valence-electron chi connectivity index (χ3n) is 3.62. The third-order valence-corrected chi connectivity index (χ3v) is 4.01. The number of hydrogen-bond donors (Lipinski definition) is 2. The van der Waals surface area contributed by atoms with E-state index in [9.17, 15) is 13.6 Å². The van der Waals surface area contributed by atoms with Gasteiger partial charge in [0.15, 0.2) is 0 Å². The highest BCUT2D eigenvalue weighted by atomic mass is 35.5. The van der Waals surface area contributed by atoms with Gasteiger partial charge in [-0.25, -0.2) is 8.78 Å². The minimum absolute atomic E-state index is 0.149. The van der Waals surface area contributed by atoms with Crippen molar-refractivity contribution < 1.29 is 13.6 Å². The fourth-order valence-corrected chi connectivity index (χ4v) is 2.71. The fourth-order valence-electron chi connectivity index (χ4n) is 2.42. The van der Waals surface area contributed by atoms with Gasteiger partial charge in [0, 0.05) is 10.9 Å². The SMILES string of the molecule is CC(NC(=O)c1[nH]c2ccc(F)cc2c1Cl)c1cccc(F)c1. The van der Waals surface area contributed by atoms with E-state index in [2.05, 4.69) is 10.3 Å². The lowest BCUT2D eigenvalue weighted by Crippen LogP contribution is -2.27. The van der Waals surface area contributed by atoms with E-state index in [1.165, 1.54) is 30.3 Å². The van der Waals surface area contributed by atoms with Gasteiger partial charge in [-0.3, -0.25) is 4.79 Å². The molecule has 0 fully saturated rings. The zero-order chi connectivity index (χ0) is 16.6. The van der Waals surface area contributed by atoms with Crippen molar-refractivity contribution in [3.05, 3.63) is 70.4 Å². The molecule has 2 aromatic carbocycles. The first-order valence-corrected chi connectivity index (χ1v) is 7.36. The van der Waals surface area contributed by atoms with Gasteiger partial charge in [0.2, 0.25) is 0 Å². The molecule has 2 N–H and O–H groups in total. The molecule has 0 aliphatic carbocycles. The van der Waals surface area contributed by atoms with Gasteiger partial charge in [-0.05, 0) is 42.8 Å². The Kier molecular flexibility index (Phi) is 4.05. The molecular formula is C17H13ClF2N2O. The van der Waals surface area contributed by atoms with Crippen molar-refractivity contribution in [2.75, 3.05) is 0 Å². The monoisotopic (exact) mass is 334 g/mol. The Morgan fingerprint density at radius 3 is 2.65 bits per heavy atom. The molecule has 0 saturated carbocycles. The summed E-state index contributed by atoms with van der Waals surface area (Å²) in [5.74, 6) is -1.25. The number of carbonyl (C=O) groups is 1. The van der Waals surface area contributed by atoms with Gasteiger partial charge < -0.3 is 10.3 Å². The molecule has 0 aliphatic rings. The molecule has 118 valence electrons. The van der Waals surface area contributed by atoms with E-state index >= 15 is 0 Å². The molecule has 0 spiro atoms. The molecule has 6 heteroatoms. The highest BCUT2D eigenvalue weighted by Gasteiger charge is 2.19. The van der Waals surface area contributed by atoms with Crippen molar-refractivity contribution in [3.8, 4) is 0 Å². The number of benzene rings is 2. The first kappa shape index (κ1) is 15.5. The second kappa shape index (κ2) is 6.01. The number of aromatic amines is 1. The van der Waals surface area contributed by atoms with E-state index in [0.717, 1.165) is 0 Å². The molecule has 1 atom stereocenters. The number of amides is 1. The van der Waals surface area contributed by atoms with Gasteiger partial charge in [0.25, 0.3) is 5.91 Å². The number of fused-ring (bicyclic) bond motifs is 1. The smallest absolute Gasteiger partial charge is 0.269 e. The Bertz CT molecular complexity index is 891. The summed E-state index contributed by atoms with van der Waals surface area (Å²) in [6.07, 6.45) is 0. The van der Waals surface area contributed by atoms with E-state index < -0.39 is 17.8 Å². The zero-order valence-electron chi connectivity index (χ0n) is 12.2. The van der Waals surface area contributed by atoms with Gasteiger partial charge in [-0.2, -0.15) is 0 Å². The van der Waals surface area contributed by atoms with Crippen LogP contribution >= 0.6 is 11.6 Å². The van der Waals surface area contributed by atoms with Crippen molar-refractivity contribution >= 4 is 28.4 Å². The van der Waals surface area contributed by atoms with E-state index in [0.29, 0.717) is 16.5 Å². The number of nitrogens with one attached hydrogen (secondary N) is 2. The second-order valence-corrected chi connectivity index (χ2v) is 5.63. The number of aromatic nitrogens is 1. The standard InChI is InChI=1S/C17H13ClF2N2O/c1-9(10-3-2-4-11(19)7-10)21-17(23)16-15(18)13-8-12(20)5-6-14(13)22-16/h2-9,22H,1H3,(H,21,23). The number of rotatable bonds is 3. The predicted molar refractivity (Wildman–Crippen MR) is 85.5 cm³/mol. The average Bonchev–Trinajstić information content (AvgIpc) is 2.84. The molecule has 0 aliphatic heterocycles. The van der Waals surface area contributed by atoms with Crippen LogP contribution in [0.4, 0.5) is 8.78 Å². The maximum Gasteiger partial charge on any atom is 0.269 e.